The van der Waals surface area contributed by atoms with Crippen molar-refractivity contribution >= 4 is 17.7 Å². The molecule has 144 valence electrons. The first-order valence-corrected chi connectivity index (χ1v) is 9.80. The molecule has 0 radical (unpaired) electrons. The fraction of sp³-hybridized carbons (Fsp3) is 0.190. The third-order valence-corrected chi connectivity index (χ3v) is 5.03. The molecule has 1 atom stereocenters. The molecule has 3 rings (SSSR count). The van der Waals surface area contributed by atoms with Gasteiger partial charge in [-0.05, 0) is 30.2 Å². The first-order valence-electron chi connectivity index (χ1n) is 8.81. The summed E-state index contributed by atoms with van der Waals surface area (Å²) >= 11 is 1.32. The second-order valence-corrected chi connectivity index (χ2v) is 7.30. The molecule has 0 bridgehead atoms. The fourth-order valence-electron chi connectivity index (χ4n) is 2.66. The molecule has 0 aliphatic heterocycles. The van der Waals surface area contributed by atoms with Gasteiger partial charge in [0.15, 0.2) is 5.16 Å². The summed E-state index contributed by atoms with van der Waals surface area (Å²) in [6, 6.07) is 17.0. The van der Waals surface area contributed by atoms with Gasteiger partial charge in [-0.25, -0.2) is 9.37 Å². The monoisotopic (exact) mass is 397 g/mol. The summed E-state index contributed by atoms with van der Waals surface area (Å²) < 4.78 is 13.0. The zero-order valence-corrected chi connectivity index (χ0v) is 16.1. The number of nitrogens with zero attached hydrogens (tertiary/aromatic N) is 1. The first kappa shape index (κ1) is 19.8. The van der Waals surface area contributed by atoms with Crippen LogP contribution in [0.5, 0.6) is 0 Å². The van der Waals surface area contributed by atoms with E-state index < -0.39 is 0 Å². The van der Waals surface area contributed by atoms with Crippen LogP contribution < -0.4 is 10.9 Å². The van der Waals surface area contributed by atoms with Crippen LogP contribution in [0.2, 0.25) is 0 Å². The predicted octanol–water partition coefficient (Wildman–Crippen LogP) is 3.62. The number of hydrogen-bond donors (Lipinski definition) is 2. The van der Waals surface area contributed by atoms with E-state index in [4.69, 9.17) is 0 Å². The number of amides is 1. The van der Waals surface area contributed by atoms with Gasteiger partial charge in [-0.1, -0.05) is 54.2 Å². The lowest BCUT2D eigenvalue weighted by molar-refractivity contribution is -0.121. The summed E-state index contributed by atoms with van der Waals surface area (Å²) in [5.74, 6) is 0.0335. The molecule has 1 aromatic heterocycles. The number of hydrogen-bond acceptors (Lipinski definition) is 4. The Hall–Kier alpha value is -2.93. The summed E-state index contributed by atoms with van der Waals surface area (Å²) in [4.78, 5) is 31.2. The van der Waals surface area contributed by atoms with Crippen LogP contribution in [0.25, 0.3) is 0 Å². The SMILES string of the molecule is C[C@H](NC(=O)Cc1cc(=O)[nH]c(SCc2ccc(F)cc2)n1)c1ccccc1. The number of carbonyl (C=O) groups excluding carboxylic acids is 1. The number of H-pyrrole nitrogens is 1. The van der Waals surface area contributed by atoms with E-state index in [0.717, 1.165) is 11.1 Å². The Morgan fingerprint density at radius 3 is 2.61 bits per heavy atom. The van der Waals surface area contributed by atoms with E-state index in [1.165, 1.54) is 30.0 Å². The highest BCUT2D eigenvalue weighted by Crippen LogP contribution is 2.19. The van der Waals surface area contributed by atoms with E-state index in [-0.39, 0.29) is 29.7 Å². The minimum atomic E-state index is -0.310. The lowest BCUT2D eigenvalue weighted by Gasteiger charge is -2.14. The van der Waals surface area contributed by atoms with E-state index in [2.05, 4.69) is 15.3 Å². The van der Waals surface area contributed by atoms with Crippen LogP contribution >= 0.6 is 11.8 Å². The third-order valence-electron chi connectivity index (χ3n) is 4.08. The maximum absolute atomic E-state index is 13.0. The minimum absolute atomic E-state index is 0.0190. The Labute approximate surface area is 166 Å². The van der Waals surface area contributed by atoms with E-state index in [1.54, 1.807) is 12.1 Å². The highest BCUT2D eigenvalue weighted by molar-refractivity contribution is 7.98. The second kappa shape index (κ2) is 9.32. The molecule has 0 unspecified atom stereocenters. The van der Waals surface area contributed by atoms with Gasteiger partial charge < -0.3 is 10.3 Å². The van der Waals surface area contributed by atoms with Gasteiger partial charge >= 0.3 is 0 Å². The van der Waals surface area contributed by atoms with Crippen molar-refractivity contribution in [3.05, 3.63) is 93.7 Å². The van der Waals surface area contributed by atoms with Crippen molar-refractivity contribution in [2.24, 2.45) is 0 Å². The Kier molecular flexibility index (Phi) is 6.60. The van der Waals surface area contributed by atoms with Crippen molar-refractivity contribution < 1.29 is 9.18 Å². The van der Waals surface area contributed by atoms with Gasteiger partial charge in [-0.15, -0.1) is 0 Å². The van der Waals surface area contributed by atoms with Crippen LogP contribution in [0.4, 0.5) is 4.39 Å². The molecule has 0 saturated heterocycles. The number of aromatic nitrogens is 2. The van der Waals surface area contributed by atoms with E-state index in [0.29, 0.717) is 16.6 Å². The zero-order chi connectivity index (χ0) is 19.9. The number of carbonyl (C=O) groups is 1. The van der Waals surface area contributed by atoms with Crippen molar-refractivity contribution in [3.63, 3.8) is 0 Å². The van der Waals surface area contributed by atoms with Crippen LogP contribution in [0.3, 0.4) is 0 Å². The average molecular weight is 397 g/mol. The summed E-state index contributed by atoms with van der Waals surface area (Å²) in [6.45, 7) is 1.91. The number of thioether (sulfide) groups is 1. The molecule has 0 aliphatic rings. The second-order valence-electron chi connectivity index (χ2n) is 6.33. The van der Waals surface area contributed by atoms with Gasteiger partial charge in [-0.2, -0.15) is 0 Å². The molecule has 1 amide bonds. The van der Waals surface area contributed by atoms with Gasteiger partial charge in [0.2, 0.25) is 5.91 Å². The largest absolute Gasteiger partial charge is 0.349 e. The van der Waals surface area contributed by atoms with Crippen molar-refractivity contribution in [2.75, 3.05) is 0 Å². The van der Waals surface area contributed by atoms with Crippen molar-refractivity contribution in [3.8, 4) is 0 Å². The molecule has 28 heavy (non-hydrogen) atoms. The molecule has 7 heteroatoms. The Bertz CT molecular complexity index is 991. The number of benzene rings is 2. The molecule has 0 fully saturated rings. The van der Waals surface area contributed by atoms with E-state index >= 15 is 0 Å². The van der Waals surface area contributed by atoms with E-state index in [1.807, 2.05) is 37.3 Å². The molecule has 0 aliphatic carbocycles. The van der Waals surface area contributed by atoms with Gasteiger partial charge in [0.25, 0.3) is 5.56 Å². The Morgan fingerprint density at radius 1 is 1.18 bits per heavy atom. The van der Waals surface area contributed by atoms with Gasteiger partial charge in [-0.3, -0.25) is 9.59 Å². The van der Waals surface area contributed by atoms with Gasteiger partial charge in [0, 0.05) is 11.8 Å². The van der Waals surface area contributed by atoms with Crippen molar-refractivity contribution in [1.29, 1.82) is 0 Å². The lowest BCUT2D eigenvalue weighted by Crippen LogP contribution is -2.29. The highest BCUT2D eigenvalue weighted by Gasteiger charge is 2.12. The maximum atomic E-state index is 13.0. The Balaban J connectivity index is 1.61. The average Bonchev–Trinajstić information content (AvgIpc) is 2.67. The smallest absolute Gasteiger partial charge is 0.251 e. The van der Waals surface area contributed by atoms with Crippen LogP contribution in [-0.4, -0.2) is 15.9 Å². The number of halogens is 1. The molecule has 3 aromatic rings. The van der Waals surface area contributed by atoms with Crippen LogP contribution in [0, 0.1) is 5.82 Å². The van der Waals surface area contributed by atoms with Crippen LogP contribution in [-0.2, 0) is 17.0 Å². The molecule has 1 heterocycles. The molecular formula is C21H20FN3O2S. The summed E-state index contributed by atoms with van der Waals surface area (Å²) in [6.07, 6.45) is 0.0190. The zero-order valence-electron chi connectivity index (χ0n) is 15.3. The topological polar surface area (TPSA) is 74.8 Å². The standard InChI is InChI=1S/C21H20FN3O2S/c1-14(16-5-3-2-4-6-16)23-19(26)11-18-12-20(27)25-21(24-18)28-13-15-7-9-17(22)10-8-15/h2-10,12,14H,11,13H2,1H3,(H,23,26)(H,24,25,27)/t14-/m0/s1. The number of aromatic amines is 1. The fourth-order valence-corrected chi connectivity index (χ4v) is 3.51. The number of rotatable bonds is 7. The van der Waals surface area contributed by atoms with Crippen LogP contribution in [0.1, 0.15) is 29.8 Å². The minimum Gasteiger partial charge on any atom is -0.349 e. The van der Waals surface area contributed by atoms with Crippen LogP contribution in [0.15, 0.2) is 70.6 Å². The van der Waals surface area contributed by atoms with Gasteiger partial charge in [0.1, 0.15) is 5.82 Å². The maximum Gasteiger partial charge on any atom is 0.251 e. The molecule has 2 aromatic carbocycles. The van der Waals surface area contributed by atoms with E-state index in [9.17, 15) is 14.0 Å². The quantitative estimate of drug-likeness (QED) is 0.472. The van der Waals surface area contributed by atoms with Crippen molar-refractivity contribution in [1.82, 2.24) is 15.3 Å². The third kappa shape index (κ3) is 5.79. The summed E-state index contributed by atoms with van der Waals surface area (Å²) in [7, 11) is 0. The molecular weight excluding hydrogens is 377 g/mol. The molecule has 2 N–H and O–H groups in total. The lowest BCUT2D eigenvalue weighted by atomic mass is 10.1. The summed E-state index contributed by atoms with van der Waals surface area (Å²) in [5.41, 5.74) is 2.01. The highest BCUT2D eigenvalue weighted by atomic mass is 32.2. The van der Waals surface area contributed by atoms with Crippen molar-refractivity contribution in [2.45, 2.75) is 30.3 Å². The summed E-state index contributed by atoms with van der Waals surface area (Å²) in [5, 5.41) is 3.34. The molecule has 0 spiro atoms. The first-order chi connectivity index (χ1) is 13.5. The molecule has 0 saturated carbocycles. The number of nitrogens with one attached hydrogen (secondary N) is 2. The predicted molar refractivity (Wildman–Crippen MR) is 108 cm³/mol. The normalized spacial score (nSPS) is 11.8. The molecule has 5 nitrogen and oxygen atoms in total. The Morgan fingerprint density at radius 2 is 1.89 bits per heavy atom. The van der Waals surface area contributed by atoms with Gasteiger partial charge in [0.05, 0.1) is 18.2 Å².